The van der Waals surface area contributed by atoms with E-state index in [0.717, 1.165) is 5.56 Å². The molecule has 0 aliphatic heterocycles. The number of benzene rings is 2. The first-order valence-electron chi connectivity index (χ1n) is 8.72. The van der Waals surface area contributed by atoms with Crippen molar-refractivity contribution in [3.05, 3.63) is 84.1 Å². The van der Waals surface area contributed by atoms with Crippen molar-refractivity contribution in [3.8, 4) is 0 Å². The minimum Gasteiger partial charge on any atom is -0.350 e. The van der Waals surface area contributed by atoms with Gasteiger partial charge in [-0.1, -0.05) is 30.3 Å². The predicted octanol–water partition coefficient (Wildman–Crippen LogP) is 4.28. The van der Waals surface area contributed by atoms with Crippen LogP contribution in [0.25, 0.3) is 0 Å². The molecule has 0 unspecified atom stereocenters. The van der Waals surface area contributed by atoms with Crippen LogP contribution in [-0.2, 0) is 6.54 Å². The van der Waals surface area contributed by atoms with Gasteiger partial charge in [-0.3, -0.25) is 4.79 Å². The highest BCUT2D eigenvalue weighted by atomic mass is 19.1. The molecule has 0 atom stereocenters. The van der Waals surface area contributed by atoms with Crippen LogP contribution in [0.3, 0.4) is 0 Å². The molecule has 1 amide bonds. The first-order valence-corrected chi connectivity index (χ1v) is 8.72. The van der Waals surface area contributed by atoms with Crippen molar-refractivity contribution in [2.75, 3.05) is 10.2 Å². The minimum atomic E-state index is -0.367. The number of nitrogens with zero attached hydrogens (tertiary/aromatic N) is 3. The van der Waals surface area contributed by atoms with Crippen molar-refractivity contribution in [2.24, 2.45) is 0 Å². The Labute approximate surface area is 157 Å². The Morgan fingerprint density at radius 2 is 1.78 bits per heavy atom. The van der Waals surface area contributed by atoms with Gasteiger partial charge in [0, 0.05) is 24.3 Å². The van der Waals surface area contributed by atoms with Crippen molar-refractivity contribution in [3.63, 3.8) is 0 Å². The Bertz CT molecular complexity index is 898. The highest BCUT2D eigenvalue weighted by molar-refractivity contribution is 6.03. The van der Waals surface area contributed by atoms with Crippen molar-refractivity contribution in [1.29, 1.82) is 0 Å². The van der Waals surface area contributed by atoms with Crippen LogP contribution < -0.4 is 10.2 Å². The molecule has 0 radical (unpaired) electrons. The zero-order chi connectivity index (χ0) is 19.2. The summed E-state index contributed by atoms with van der Waals surface area (Å²) in [5.41, 5.74) is 1.91. The SMILES string of the molecule is CC(C)N(Cc1ccccc1)c1cc(C(=O)Nc2ccc(F)cc2)ncn1. The highest BCUT2D eigenvalue weighted by Gasteiger charge is 2.16. The topological polar surface area (TPSA) is 58.1 Å². The molecule has 0 spiro atoms. The summed E-state index contributed by atoms with van der Waals surface area (Å²) in [7, 11) is 0. The smallest absolute Gasteiger partial charge is 0.274 e. The van der Waals surface area contributed by atoms with Gasteiger partial charge in [-0.25, -0.2) is 14.4 Å². The van der Waals surface area contributed by atoms with Gasteiger partial charge in [0.2, 0.25) is 0 Å². The maximum Gasteiger partial charge on any atom is 0.274 e. The van der Waals surface area contributed by atoms with Crippen molar-refractivity contribution < 1.29 is 9.18 Å². The largest absolute Gasteiger partial charge is 0.350 e. The number of rotatable bonds is 6. The van der Waals surface area contributed by atoms with Crippen molar-refractivity contribution >= 4 is 17.4 Å². The van der Waals surface area contributed by atoms with Crippen LogP contribution in [0.5, 0.6) is 0 Å². The van der Waals surface area contributed by atoms with Crippen molar-refractivity contribution in [2.45, 2.75) is 26.4 Å². The molecule has 6 heteroatoms. The fourth-order valence-corrected chi connectivity index (χ4v) is 2.66. The lowest BCUT2D eigenvalue weighted by molar-refractivity contribution is 0.102. The van der Waals surface area contributed by atoms with E-state index in [0.29, 0.717) is 18.1 Å². The highest BCUT2D eigenvalue weighted by Crippen LogP contribution is 2.19. The van der Waals surface area contributed by atoms with Crippen molar-refractivity contribution in [1.82, 2.24) is 9.97 Å². The lowest BCUT2D eigenvalue weighted by Crippen LogP contribution is -2.31. The predicted molar refractivity (Wildman–Crippen MR) is 104 cm³/mol. The molecule has 0 aliphatic rings. The minimum absolute atomic E-state index is 0.188. The molecule has 138 valence electrons. The van der Waals surface area contributed by atoms with Crippen LogP contribution in [0.15, 0.2) is 67.0 Å². The number of amides is 1. The third-order valence-corrected chi connectivity index (χ3v) is 4.10. The molecule has 3 aromatic rings. The first kappa shape index (κ1) is 18.5. The number of hydrogen-bond acceptors (Lipinski definition) is 4. The summed E-state index contributed by atoms with van der Waals surface area (Å²) in [6.45, 7) is 4.82. The molecule has 1 N–H and O–H groups in total. The second-order valence-electron chi connectivity index (χ2n) is 6.43. The van der Waals surface area contributed by atoms with Gasteiger partial charge in [0.25, 0.3) is 5.91 Å². The van der Waals surface area contributed by atoms with Gasteiger partial charge in [-0.15, -0.1) is 0 Å². The van der Waals surface area contributed by atoms with Gasteiger partial charge in [0.1, 0.15) is 23.7 Å². The Morgan fingerprint density at radius 1 is 1.07 bits per heavy atom. The maximum absolute atomic E-state index is 13.0. The summed E-state index contributed by atoms with van der Waals surface area (Å²) in [6, 6.07) is 17.5. The number of anilines is 2. The molecule has 0 fully saturated rings. The fraction of sp³-hybridized carbons (Fsp3) is 0.190. The Morgan fingerprint density at radius 3 is 2.44 bits per heavy atom. The number of carbonyl (C=O) groups excluding carboxylic acids is 1. The molecule has 0 bridgehead atoms. The molecule has 3 rings (SSSR count). The van der Waals surface area contributed by atoms with Gasteiger partial charge in [0.15, 0.2) is 0 Å². The normalized spacial score (nSPS) is 10.7. The van der Waals surface area contributed by atoms with Crippen LogP contribution in [0.1, 0.15) is 29.9 Å². The molecule has 0 saturated heterocycles. The van der Waals surface area contributed by atoms with Crippen LogP contribution in [0.4, 0.5) is 15.9 Å². The molecule has 2 aromatic carbocycles. The van der Waals surface area contributed by atoms with E-state index in [1.165, 1.54) is 30.6 Å². The zero-order valence-corrected chi connectivity index (χ0v) is 15.3. The van der Waals surface area contributed by atoms with E-state index >= 15 is 0 Å². The Hall–Kier alpha value is -3.28. The van der Waals surface area contributed by atoms with Crippen LogP contribution in [0.2, 0.25) is 0 Å². The lowest BCUT2D eigenvalue weighted by Gasteiger charge is -2.28. The summed E-state index contributed by atoms with van der Waals surface area (Å²) in [6.07, 6.45) is 1.38. The van der Waals surface area contributed by atoms with Gasteiger partial charge >= 0.3 is 0 Å². The zero-order valence-electron chi connectivity index (χ0n) is 15.3. The van der Waals surface area contributed by atoms with E-state index in [1.807, 2.05) is 18.2 Å². The van der Waals surface area contributed by atoms with E-state index in [-0.39, 0.29) is 23.5 Å². The monoisotopic (exact) mass is 364 g/mol. The number of halogens is 1. The third-order valence-electron chi connectivity index (χ3n) is 4.10. The van der Waals surface area contributed by atoms with E-state index in [4.69, 9.17) is 0 Å². The molecular weight excluding hydrogens is 343 g/mol. The van der Waals surface area contributed by atoms with E-state index < -0.39 is 0 Å². The maximum atomic E-state index is 13.0. The Kier molecular flexibility index (Phi) is 5.76. The average Bonchev–Trinajstić information content (AvgIpc) is 2.68. The molecule has 27 heavy (non-hydrogen) atoms. The second kappa shape index (κ2) is 8.40. The number of hydrogen-bond donors (Lipinski definition) is 1. The van der Waals surface area contributed by atoms with E-state index in [1.54, 1.807) is 6.07 Å². The quantitative estimate of drug-likeness (QED) is 0.709. The molecular formula is C21H21FN4O. The van der Waals surface area contributed by atoms with Gasteiger partial charge in [-0.2, -0.15) is 0 Å². The molecule has 1 aromatic heterocycles. The summed E-state index contributed by atoms with van der Waals surface area (Å²) in [5.74, 6) is -0.0485. The standard InChI is InChI=1S/C21H21FN4O/c1-15(2)26(13-16-6-4-3-5-7-16)20-12-19(23-14-24-20)21(27)25-18-10-8-17(22)9-11-18/h3-12,14-15H,13H2,1-2H3,(H,25,27). The molecule has 0 saturated carbocycles. The summed E-state index contributed by atoms with van der Waals surface area (Å²) in [5, 5.41) is 2.72. The number of aromatic nitrogens is 2. The van der Waals surface area contributed by atoms with Gasteiger partial charge < -0.3 is 10.2 Å². The number of carbonyl (C=O) groups is 1. The average molecular weight is 364 g/mol. The third kappa shape index (κ3) is 4.88. The van der Waals surface area contributed by atoms with Crippen LogP contribution in [-0.4, -0.2) is 21.9 Å². The first-order chi connectivity index (χ1) is 13.0. The second-order valence-corrected chi connectivity index (χ2v) is 6.43. The fourth-order valence-electron chi connectivity index (χ4n) is 2.66. The Balaban J connectivity index is 1.80. The summed E-state index contributed by atoms with van der Waals surface area (Å²) >= 11 is 0. The summed E-state index contributed by atoms with van der Waals surface area (Å²) in [4.78, 5) is 23.0. The van der Waals surface area contributed by atoms with Gasteiger partial charge in [-0.05, 0) is 43.7 Å². The lowest BCUT2D eigenvalue weighted by atomic mass is 10.2. The van der Waals surface area contributed by atoms with Crippen LogP contribution >= 0.6 is 0 Å². The number of nitrogens with one attached hydrogen (secondary N) is 1. The van der Waals surface area contributed by atoms with E-state index in [9.17, 15) is 9.18 Å². The van der Waals surface area contributed by atoms with E-state index in [2.05, 4.69) is 46.2 Å². The molecule has 1 heterocycles. The molecule has 5 nitrogen and oxygen atoms in total. The van der Waals surface area contributed by atoms with Crippen LogP contribution in [0, 0.1) is 5.82 Å². The summed E-state index contributed by atoms with van der Waals surface area (Å²) < 4.78 is 13.0. The van der Waals surface area contributed by atoms with Gasteiger partial charge in [0.05, 0.1) is 0 Å². The molecule has 0 aliphatic carbocycles.